The van der Waals surface area contributed by atoms with E-state index in [0.29, 0.717) is 6.61 Å². The van der Waals surface area contributed by atoms with Gasteiger partial charge in [0, 0.05) is 0 Å². The minimum absolute atomic E-state index is 0.0309. The Hall–Kier alpha value is -1.32. The molecule has 0 spiro atoms. The molecule has 0 unspecified atom stereocenters. The molecule has 0 atom stereocenters. The minimum Gasteiger partial charge on any atom is -0.481 e. The highest BCUT2D eigenvalue weighted by Crippen LogP contribution is 2.07. The van der Waals surface area contributed by atoms with Crippen molar-refractivity contribution in [2.75, 3.05) is 6.61 Å². The Morgan fingerprint density at radius 2 is 1.61 bits per heavy atom. The lowest BCUT2D eigenvalue weighted by Gasteiger charge is -2.04. The van der Waals surface area contributed by atoms with Gasteiger partial charge in [-0.25, -0.2) is 0 Å². The second kappa shape index (κ2) is 12.1. The van der Waals surface area contributed by atoms with Crippen molar-refractivity contribution in [3.8, 4) is 0 Å². The first-order chi connectivity index (χ1) is 8.66. The second-order valence-corrected chi connectivity index (χ2v) is 4.31. The first-order valence-electron chi connectivity index (χ1n) is 6.65. The SMILES string of the molecule is C=CCCCCCCCCOC(=O)CCC(=O)O. The van der Waals surface area contributed by atoms with Crippen LogP contribution in [0.1, 0.15) is 57.8 Å². The normalized spacial score (nSPS) is 10.0. The molecule has 0 saturated carbocycles. The number of rotatable bonds is 12. The van der Waals surface area contributed by atoms with Gasteiger partial charge in [-0.2, -0.15) is 0 Å². The van der Waals surface area contributed by atoms with Gasteiger partial charge in [-0.05, 0) is 19.3 Å². The van der Waals surface area contributed by atoms with Gasteiger partial charge in [0.15, 0.2) is 0 Å². The average molecular weight is 256 g/mol. The van der Waals surface area contributed by atoms with Crippen LogP contribution in [0.4, 0.5) is 0 Å². The Labute approximate surface area is 109 Å². The predicted octanol–water partition coefficient (Wildman–Crippen LogP) is 3.31. The van der Waals surface area contributed by atoms with Gasteiger partial charge in [0.1, 0.15) is 0 Å². The smallest absolute Gasteiger partial charge is 0.306 e. The van der Waals surface area contributed by atoms with E-state index in [1.54, 1.807) is 0 Å². The zero-order valence-corrected chi connectivity index (χ0v) is 11.0. The van der Waals surface area contributed by atoms with Gasteiger partial charge in [0.2, 0.25) is 0 Å². The van der Waals surface area contributed by atoms with Crippen LogP contribution in [0.25, 0.3) is 0 Å². The zero-order valence-electron chi connectivity index (χ0n) is 11.0. The molecule has 0 saturated heterocycles. The quantitative estimate of drug-likeness (QED) is 0.330. The average Bonchev–Trinajstić information content (AvgIpc) is 2.34. The van der Waals surface area contributed by atoms with E-state index < -0.39 is 11.9 Å². The van der Waals surface area contributed by atoms with E-state index in [9.17, 15) is 9.59 Å². The van der Waals surface area contributed by atoms with Gasteiger partial charge < -0.3 is 9.84 Å². The molecule has 1 N–H and O–H groups in total. The number of aliphatic carboxylic acids is 1. The van der Waals surface area contributed by atoms with Crippen LogP contribution in [0, 0.1) is 0 Å². The van der Waals surface area contributed by atoms with Crippen LogP contribution in [-0.4, -0.2) is 23.7 Å². The molecule has 18 heavy (non-hydrogen) atoms. The molecule has 0 aromatic heterocycles. The summed E-state index contributed by atoms with van der Waals surface area (Å²) in [6, 6.07) is 0. The third kappa shape index (κ3) is 12.7. The highest BCUT2D eigenvalue weighted by Gasteiger charge is 2.05. The van der Waals surface area contributed by atoms with E-state index in [4.69, 9.17) is 9.84 Å². The molecule has 4 nitrogen and oxygen atoms in total. The summed E-state index contributed by atoms with van der Waals surface area (Å²) in [5, 5.41) is 8.38. The highest BCUT2D eigenvalue weighted by molar-refractivity contribution is 5.76. The van der Waals surface area contributed by atoms with E-state index in [0.717, 1.165) is 25.7 Å². The fourth-order valence-corrected chi connectivity index (χ4v) is 1.57. The Bertz CT molecular complexity index is 248. The van der Waals surface area contributed by atoms with Crippen LogP contribution in [0.5, 0.6) is 0 Å². The number of carbonyl (C=O) groups is 2. The molecule has 0 aromatic rings. The highest BCUT2D eigenvalue weighted by atomic mass is 16.5. The number of carboxylic acid groups (broad SMARTS) is 1. The first-order valence-corrected chi connectivity index (χ1v) is 6.65. The Kier molecular flexibility index (Phi) is 11.3. The van der Waals surface area contributed by atoms with Crippen molar-refractivity contribution in [2.45, 2.75) is 57.8 Å². The third-order valence-corrected chi connectivity index (χ3v) is 2.61. The van der Waals surface area contributed by atoms with Crippen molar-refractivity contribution in [1.29, 1.82) is 0 Å². The summed E-state index contributed by atoms with van der Waals surface area (Å²) in [5.41, 5.74) is 0. The van der Waals surface area contributed by atoms with Gasteiger partial charge in [0.25, 0.3) is 0 Å². The molecule has 0 aliphatic rings. The number of allylic oxidation sites excluding steroid dienone is 1. The first kappa shape index (κ1) is 16.7. The number of carboxylic acids is 1. The summed E-state index contributed by atoms with van der Waals surface area (Å²) in [5.74, 6) is -1.38. The van der Waals surface area contributed by atoms with Gasteiger partial charge in [-0.3, -0.25) is 9.59 Å². The zero-order chi connectivity index (χ0) is 13.6. The molecule has 0 amide bonds. The molecule has 0 radical (unpaired) electrons. The Balaban J connectivity index is 3.17. The molecular formula is C14H24O4. The molecule has 0 aliphatic carbocycles. The van der Waals surface area contributed by atoms with Gasteiger partial charge in [0.05, 0.1) is 19.4 Å². The monoisotopic (exact) mass is 256 g/mol. The van der Waals surface area contributed by atoms with Crippen LogP contribution in [0.2, 0.25) is 0 Å². The van der Waals surface area contributed by atoms with Crippen molar-refractivity contribution >= 4 is 11.9 Å². The summed E-state index contributed by atoms with van der Waals surface area (Å²) in [7, 11) is 0. The maximum atomic E-state index is 11.1. The largest absolute Gasteiger partial charge is 0.481 e. The summed E-state index contributed by atoms with van der Waals surface area (Å²) >= 11 is 0. The van der Waals surface area contributed by atoms with Crippen LogP contribution in [0.15, 0.2) is 12.7 Å². The molecule has 4 heteroatoms. The Morgan fingerprint density at radius 1 is 1.00 bits per heavy atom. The van der Waals surface area contributed by atoms with Crippen LogP contribution in [0.3, 0.4) is 0 Å². The minimum atomic E-state index is -0.966. The van der Waals surface area contributed by atoms with Gasteiger partial charge >= 0.3 is 11.9 Å². The van der Waals surface area contributed by atoms with Crippen molar-refractivity contribution in [2.24, 2.45) is 0 Å². The van der Waals surface area contributed by atoms with Crippen LogP contribution < -0.4 is 0 Å². The van der Waals surface area contributed by atoms with E-state index in [1.807, 2.05) is 6.08 Å². The summed E-state index contributed by atoms with van der Waals surface area (Å²) in [4.78, 5) is 21.3. The van der Waals surface area contributed by atoms with Crippen molar-refractivity contribution < 1.29 is 19.4 Å². The predicted molar refractivity (Wildman–Crippen MR) is 70.3 cm³/mol. The maximum absolute atomic E-state index is 11.1. The number of ether oxygens (including phenoxy) is 1. The molecule has 0 bridgehead atoms. The maximum Gasteiger partial charge on any atom is 0.306 e. The van der Waals surface area contributed by atoms with E-state index >= 15 is 0 Å². The van der Waals surface area contributed by atoms with Gasteiger partial charge in [-0.1, -0.05) is 31.8 Å². The molecule has 0 fully saturated rings. The number of carbonyl (C=O) groups excluding carboxylic acids is 1. The van der Waals surface area contributed by atoms with Crippen LogP contribution >= 0.6 is 0 Å². The molecule has 0 aliphatic heterocycles. The number of hydrogen-bond donors (Lipinski definition) is 1. The standard InChI is InChI=1S/C14H24O4/c1-2-3-4-5-6-7-8-9-12-18-14(17)11-10-13(15)16/h2H,1,3-12H2,(H,15,16). The fourth-order valence-electron chi connectivity index (χ4n) is 1.57. The lowest BCUT2D eigenvalue weighted by Crippen LogP contribution is -2.08. The topological polar surface area (TPSA) is 63.6 Å². The van der Waals surface area contributed by atoms with Crippen molar-refractivity contribution in [1.82, 2.24) is 0 Å². The Morgan fingerprint density at radius 3 is 2.22 bits per heavy atom. The van der Waals surface area contributed by atoms with E-state index in [1.165, 1.54) is 19.3 Å². The summed E-state index contributed by atoms with van der Waals surface area (Å²) < 4.78 is 4.92. The van der Waals surface area contributed by atoms with E-state index in [2.05, 4.69) is 6.58 Å². The molecule has 104 valence electrons. The van der Waals surface area contributed by atoms with Crippen molar-refractivity contribution in [3.63, 3.8) is 0 Å². The fraction of sp³-hybridized carbons (Fsp3) is 0.714. The van der Waals surface area contributed by atoms with Crippen molar-refractivity contribution in [3.05, 3.63) is 12.7 Å². The lowest BCUT2D eigenvalue weighted by atomic mass is 10.1. The molecule has 0 aromatic carbocycles. The number of hydrogen-bond acceptors (Lipinski definition) is 3. The van der Waals surface area contributed by atoms with E-state index in [-0.39, 0.29) is 12.8 Å². The summed E-state index contributed by atoms with van der Waals surface area (Å²) in [6.07, 6.45) is 9.56. The lowest BCUT2D eigenvalue weighted by molar-refractivity contribution is -0.147. The number of unbranched alkanes of at least 4 members (excludes halogenated alkanes) is 6. The van der Waals surface area contributed by atoms with Gasteiger partial charge in [-0.15, -0.1) is 6.58 Å². The van der Waals surface area contributed by atoms with Crippen LogP contribution in [-0.2, 0) is 14.3 Å². The molecular weight excluding hydrogens is 232 g/mol. The number of esters is 1. The summed E-state index contributed by atoms with van der Waals surface area (Å²) in [6.45, 7) is 4.08. The molecule has 0 rings (SSSR count). The third-order valence-electron chi connectivity index (χ3n) is 2.61. The molecule has 0 heterocycles. The second-order valence-electron chi connectivity index (χ2n) is 4.31.